The molecule has 4 heteroatoms. The lowest BCUT2D eigenvalue weighted by molar-refractivity contribution is -0.117. The Labute approximate surface area is 105 Å². The summed E-state index contributed by atoms with van der Waals surface area (Å²) in [6.07, 6.45) is 2.32. The van der Waals surface area contributed by atoms with Gasteiger partial charge in [0.2, 0.25) is 5.91 Å². The molecule has 0 aromatic carbocycles. The largest absolute Gasteiger partial charge is 0.302 e. The number of hydrogen-bond donors (Lipinski definition) is 0. The second-order valence-corrected chi connectivity index (χ2v) is 5.48. The third-order valence-corrected chi connectivity index (χ3v) is 4.44. The van der Waals surface area contributed by atoms with Crippen molar-refractivity contribution in [1.29, 1.82) is 5.26 Å². The first-order valence-electron chi connectivity index (χ1n) is 5.51. The maximum absolute atomic E-state index is 11.9. The fourth-order valence-corrected chi connectivity index (χ4v) is 3.15. The zero-order valence-corrected chi connectivity index (χ0v) is 10.8. The minimum absolute atomic E-state index is 0.0904. The van der Waals surface area contributed by atoms with E-state index in [0.29, 0.717) is 18.5 Å². The fraction of sp³-hybridized carbons (Fsp3) is 0.385. The second kappa shape index (κ2) is 4.34. The van der Waals surface area contributed by atoms with Crippen LogP contribution in [0.1, 0.15) is 22.4 Å². The number of aryl methyl sites for hydroxylation is 1. The van der Waals surface area contributed by atoms with Crippen LogP contribution >= 0.6 is 11.3 Å². The molecule has 1 aromatic rings. The van der Waals surface area contributed by atoms with Gasteiger partial charge in [0.15, 0.2) is 0 Å². The zero-order chi connectivity index (χ0) is 12.6. The van der Waals surface area contributed by atoms with Crippen LogP contribution in [-0.4, -0.2) is 12.5 Å². The van der Waals surface area contributed by atoms with Gasteiger partial charge in [0.1, 0.15) is 11.1 Å². The van der Waals surface area contributed by atoms with Crippen LogP contribution in [0.25, 0.3) is 0 Å². The highest BCUT2D eigenvalue weighted by molar-refractivity contribution is 7.16. The summed E-state index contributed by atoms with van der Waals surface area (Å²) < 4.78 is 0. The summed E-state index contributed by atoms with van der Waals surface area (Å²) in [5, 5.41) is 9.98. The summed E-state index contributed by atoms with van der Waals surface area (Å²) in [6.45, 7) is 8.29. The molecule has 1 aliphatic rings. The van der Waals surface area contributed by atoms with Crippen LogP contribution in [0.4, 0.5) is 5.00 Å². The smallest absolute Gasteiger partial charge is 0.228 e. The van der Waals surface area contributed by atoms with E-state index in [4.69, 9.17) is 0 Å². The number of thiophene rings is 1. The van der Waals surface area contributed by atoms with Gasteiger partial charge in [-0.15, -0.1) is 17.9 Å². The van der Waals surface area contributed by atoms with Gasteiger partial charge < -0.3 is 4.90 Å². The van der Waals surface area contributed by atoms with E-state index in [1.165, 1.54) is 11.3 Å². The SMILES string of the molecule is C=CC1CC(=O)N(c2sc(C)c(C)c2C#N)C1. The lowest BCUT2D eigenvalue weighted by Crippen LogP contribution is -2.24. The zero-order valence-electron chi connectivity index (χ0n) is 9.99. The highest BCUT2D eigenvalue weighted by atomic mass is 32.1. The molecule has 0 bridgehead atoms. The first-order chi connectivity index (χ1) is 8.08. The molecule has 1 fully saturated rings. The van der Waals surface area contributed by atoms with E-state index in [0.717, 1.165) is 15.4 Å². The standard InChI is InChI=1S/C13H14N2OS/c1-4-10-5-12(16)15(7-10)13-11(6-14)8(2)9(3)17-13/h4,10H,1,5,7H2,2-3H3. The molecule has 0 N–H and O–H groups in total. The Hall–Kier alpha value is -1.60. The van der Waals surface area contributed by atoms with E-state index in [-0.39, 0.29) is 11.8 Å². The minimum atomic E-state index is 0.0904. The Bertz CT molecular complexity index is 524. The number of hydrogen-bond acceptors (Lipinski definition) is 3. The Morgan fingerprint density at radius 1 is 1.59 bits per heavy atom. The first kappa shape index (κ1) is 11.9. The molecule has 0 saturated carbocycles. The van der Waals surface area contributed by atoms with Crippen LogP contribution in [0.2, 0.25) is 0 Å². The van der Waals surface area contributed by atoms with Crippen molar-refractivity contribution in [3.8, 4) is 6.07 Å². The van der Waals surface area contributed by atoms with Crippen molar-refractivity contribution in [2.45, 2.75) is 20.3 Å². The van der Waals surface area contributed by atoms with E-state index < -0.39 is 0 Å². The normalized spacial score (nSPS) is 19.5. The average Bonchev–Trinajstić information content (AvgIpc) is 2.81. The van der Waals surface area contributed by atoms with Crippen molar-refractivity contribution >= 4 is 22.2 Å². The van der Waals surface area contributed by atoms with Crippen LogP contribution < -0.4 is 4.90 Å². The summed E-state index contributed by atoms with van der Waals surface area (Å²) in [5.74, 6) is 0.296. The van der Waals surface area contributed by atoms with Crippen molar-refractivity contribution < 1.29 is 4.79 Å². The molecule has 1 aliphatic heterocycles. The lowest BCUT2D eigenvalue weighted by atomic mass is 10.1. The van der Waals surface area contributed by atoms with E-state index in [2.05, 4.69) is 12.6 Å². The van der Waals surface area contributed by atoms with Crippen molar-refractivity contribution in [3.05, 3.63) is 28.7 Å². The van der Waals surface area contributed by atoms with E-state index in [9.17, 15) is 10.1 Å². The molecule has 1 amide bonds. The third kappa shape index (κ3) is 1.87. The summed E-state index contributed by atoms with van der Waals surface area (Å²) in [4.78, 5) is 14.7. The average molecular weight is 246 g/mol. The first-order valence-corrected chi connectivity index (χ1v) is 6.33. The number of carbonyl (C=O) groups excluding carboxylic acids is 1. The molecular formula is C13H14N2OS. The van der Waals surface area contributed by atoms with Crippen LogP contribution in [0, 0.1) is 31.1 Å². The molecule has 88 valence electrons. The number of rotatable bonds is 2. The van der Waals surface area contributed by atoms with Gasteiger partial charge >= 0.3 is 0 Å². The molecule has 3 nitrogen and oxygen atoms in total. The fourth-order valence-electron chi connectivity index (χ4n) is 2.02. The lowest BCUT2D eigenvalue weighted by Gasteiger charge is -2.14. The van der Waals surface area contributed by atoms with Gasteiger partial charge in [-0.3, -0.25) is 4.79 Å². The molecule has 1 saturated heterocycles. The van der Waals surface area contributed by atoms with Crippen LogP contribution in [0.3, 0.4) is 0 Å². The summed E-state index contributed by atoms with van der Waals surface area (Å²) in [5.41, 5.74) is 1.63. The summed E-state index contributed by atoms with van der Waals surface area (Å²) in [6, 6.07) is 2.21. The molecule has 0 spiro atoms. The number of nitrogens with zero attached hydrogens (tertiary/aromatic N) is 2. The quantitative estimate of drug-likeness (QED) is 0.753. The van der Waals surface area contributed by atoms with E-state index >= 15 is 0 Å². The Kier molecular flexibility index (Phi) is 3.03. The number of nitriles is 1. The van der Waals surface area contributed by atoms with Crippen molar-refractivity contribution in [3.63, 3.8) is 0 Å². The summed E-state index contributed by atoms with van der Waals surface area (Å²) in [7, 11) is 0. The van der Waals surface area contributed by atoms with Crippen LogP contribution in [0.5, 0.6) is 0 Å². The predicted octanol–water partition coefficient (Wildman–Crippen LogP) is 2.78. The third-order valence-electron chi connectivity index (χ3n) is 3.21. The van der Waals surface area contributed by atoms with Gasteiger partial charge in [-0.1, -0.05) is 6.08 Å². The molecule has 1 aromatic heterocycles. The molecule has 0 radical (unpaired) electrons. The molecule has 2 heterocycles. The molecule has 2 rings (SSSR count). The molecular weight excluding hydrogens is 232 g/mol. The van der Waals surface area contributed by atoms with Gasteiger partial charge in [0, 0.05) is 23.8 Å². The van der Waals surface area contributed by atoms with Gasteiger partial charge in [-0.2, -0.15) is 5.26 Å². The van der Waals surface area contributed by atoms with E-state index in [1.807, 2.05) is 19.9 Å². The Morgan fingerprint density at radius 3 is 2.82 bits per heavy atom. The molecule has 17 heavy (non-hydrogen) atoms. The number of carbonyl (C=O) groups is 1. The highest BCUT2D eigenvalue weighted by Crippen LogP contribution is 2.37. The van der Waals surface area contributed by atoms with Crippen molar-refractivity contribution in [2.75, 3.05) is 11.4 Å². The van der Waals surface area contributed by atoms with E-state index in [1.54, 1.807) is 4.90 Å². The number of amides is 1. The van der Waals surface area contributed by atoms with Gasteiger partial charge in [0.05, 0.1) is 5.56 Å². The van der Waals surface area contributed by atoms with Gasteiger partial charge in [-0.25, -0.2) is 0 Å². The van der Waals surface area contributed by atoms with Crippen molar-refractivity contribution in [2.24, 2.45) is 5.92 Å². The Morgan fingerprint density at radius 2 is 2.29 bits per heavy atom. The van der Waals surface area contributed by atoms with Crippen LogP contribution in [0.15, 0.2) is 12.7 Å². The van der Waals surface area contributed by atoms with Gasteiger partial charge in [-0.05, 0) is 19.4 Å². The molecule has 1 unspecified atom stereocenters. The summed E-state index contributed by atoms with van der Waals surface area (Å²) >= 11 is 1.53. The molecule has 1 atom stereocenters. The van der Waals surface area contributed by atoms with Gasteiger partial charge in [0.25, 0.3) is 0 Å². The second-order valence-electron chi connectivity index (χ2n) is 4.28. The van der Waals surface area contributed by atoms with Crippen LogP contribution in [-0.2, 0) is 4.79 Å². The minimum Gasteiger partial charge on any atom is -0.302 e. The predicted molar refractivity (Wildman–Crippen MR) is 69.2 cm³/mol. The molecule has 0 aliphatic carbocycles. The monoisotopic (exact) mass is 246 g/mol. The van der Waals surface area contributed by atoms with Crippen molar-refractivity contribution in [1.82, 2.24) is 0 Å². The maximum atomic E-state index is 11.9. The maximum Gasteiger partial charge on any atom is 0.228 e. The number of anilines is 1. The highest BCUT2D eigenvalue weighted by Gasteiger charge is 2.32. The topological polar surface area (TPSA) is 44.1 Å². The Balaban J connectivity index is 2.42.